The zero-order chi connectivity index (χ0) is 13.9. The molecule has 0 amide bonds. The van der Waals surface area contributed by atoms with Crippen LogP contribution >= 0.6 is 11.3 Å². The van der Waals surface area contributed by atoms with E-state index in [2.05, 4.69) is 60.9 Å². The van der Waals surface area contributed by atoms with E-state index in [1.165, 1.54) is 24.8 Å². The van der Waals surface area contributed by atoms with Crippen molar-refractivity contribution >= 4 is 11.3 Å². The summed E-state index contributed by atoms with van der Waals surface area (Å²) in [5.41, 5.74) is 2.95. The first-order chi connectivity index (χ1) is 9.75. The Morgan fingerprint density at radius 1 is 1.15 bits per heavy atom. The van der Waals surface area contributed by atoms with Crippen LogP contribution in [-0.2, 0) is 6.42 Å². The van der Waals surface area contributed by atoms with E-state index < -0.39 is 0 Å². The number of fused-ring (bicyclic) bond motifs is 1. The van der Waals surface area contributed by atoms with Gasteiger partial charge in [0.05, 0.1) is 0 Å². The van der Waals surface area contributed by atoms with E-state index in [9.17, 15) is 0 Å². The molecule has 1 aliphatic rings. The molecule has 0 saturated heterocycles. The summed E-state index contributed by atoms with van der Waals surface area (Å²) in [6.45, 7) is 4.62. The molecule has 1 aromatic carbocycles. The molecule has 106 valence electrons. The van der Waals surface area contributed by atoms with E-state index in [-0.39, 0.29) is 0 Å². The molecule has 2 heteroatoms. The van der Waals surface area contributed by atoms with Gasteiger partial charge in [-0.15, -0.1) is 11.3 Å². The molecule has 0 saturated carbocycles. The Bertz CT molecular complexity index is 544. The van der Waals surface area contributed by atoms with Crippen LogP contribution in [0.5, 0.6) is 0 Å². The minimum Gasteiger partial charge on any atom is -0.303 e. The average Bonchev–Trinajstić information content (AvgIpc) is 2.94. The molecule has 0 aliphatic heterocycles. The third-order valence-electron chi connectivity index (χ3n) is 4.26. The van der Waals surface area contributed by atoms with E-state index >= 15 is 0 Å². The summed E-state index contributed by atoms with van der Waals surface area (Å²) in [7, 11) is 0. The van der Waals surface area contributed by atoms with E-state index in [1.807, 2.05) is 11.3 Å². The van der Waals surface area contributed by atoms with Crippen LogP contribution < -0.4 is 5.32 Å². The molecule has 2 aromatic rings. The van der Waals surface area contributed by atoms with Gasteiger partial charge in [0.15, 0.2) is 0 Å². The molecule has 1 nitrogen and oxygen atoms in total. The zero-order valence-corrected chi connectivity index (χ0v) is 13.1. The van der Waals surface area contributed by atoms with Crippen molar-refractivity contribution in [1.82, 2.24) is 5.32 Å². The van der Waals surface area contributed by atoms with Gasteiger partial charge in [0.2, 0.25) is 0 Å². The van der Waals surface area contributed by atoms with Crippen LogP contribution in [0.25, 0.3) is 0 Å². The molecule has 3 rings (SSSR count). The van der Waals surface area contributed by atoms with Gasteiger partial charge in [-0.3, -0.25) is 0 Å². The molecule has 1 aromatic heterocycles. The second kappa shape index (κ2) is 6.11. The van der Waals surface area contributed by atoms with E-state index in [0.29, 0.717) is 18.0 Å². The van der Waals surface area contributed by atoms with Crippen LogP contribution in [0.15, 0.2) is 41.8 Å². The van der Waals surface area contributed by atoms with E-state index in [0.717, 1.165) is 0 Å². The Kier molecular flexibility index (Phi) is 4.23. The molecule has 2 unspecified atom stereocenters. The summed E-state index contributed by atoms with van der Waals surface area (Å²) in [5.74, 6) is 0.599. The number of benzene rings is 1. The monoisotopic (exact) mass is 285 g/mol. The second-order valence-electron chi connectivity index (χ2n) is 6.04. The molecular weight excluding hydrogens is 262 g/mol. The Hall–Kier alpha value is -1.12. The minimum atomic E-state index is 0.437. The van der Waals surface area contributed by atoms with E-state index in [4.69, 9.17) is 0 Å². The Morgan fingerprint density at radius 3 is 2.70 bits per heavy atom. The van der Waals surface area contributed by atoms with Crippen LogP contribution in [0, 0.1) is 5.92 Å². The summed E-state index contributed by atoms with van der Waals surface area (Å²) in [5, 5.41) is 6.17. The van der Waals surface area contributed by atoms with Crippen molar-refractivity contribution in [3.8, 4) is 0 Å². The van der Waals surface area contributed by atoms with Crippen LogP contribution in [0.1, 0.15) is 54.8 Å². The summed E-state index contributed by atoms with van der Waals surface area (Å²) < 4.78 is 0. The maximum atomic E-state index is 3.92. The van der Waals surface area contributed by atoms with Gasteiger partial charge in [0.1, 0.15) is 0 Å². The third-order valence-corrected chi connectivity index (χ3v) is 5.25. The molecule has 20 heavy (non-hydrogen) atoms. The van der Waals surface area contributed by atoms with Gasteiger partial charge in [-0.1, -0.05) is 44.2 Å². The minimum absolute atomic E-state index is 0.437. The number of hydrogen-bond donors (Lipinski definition) is 1. The summed E-state index contributed by atoms with van der Waals surface area (Å²) in [4.78, 5) is 1.59. The predicted molar refractivity (Wildman–Crippen MR) is 87.2 cm³/mol. The number of aryl methyl sites for hydroxylation is 1. The zero-order valence-electron chi connectivity index (χ0n) is 12.3. The normalized spacial score (nSPS) is 19.9. The van der Waals surface area contributed by atoms with Crippen LogP contribution in [0.2, 0.25) is 0 Å². The lowest BCUT2D eigenvalue weighted by Gasteiger charge is -2.31. The lowest BCUT2D eigenvalue weighted by molar-refractivity contribution is 0.340. The average molecular weight is 285 g/mol. The van der Waals surface area contributed by atoms with Crippen LogP contribution in [0.3, 0.4) is 0 Å². The van der Waals surface area contributed by atoms with Crippen molar-refractivity contribution in [2.75, 3.05) is 0 Å². The van der Waals surface area contributed by atoms with Gasteiger partial charge in [-0.05, 0) is 47.8 Å². The van der Waals surface area contributed by atoms with Gasteiger partial charge in [-0.25, -0.2) is 0 Å². The van der Waals surface area contributed by atoms with Crippen molar-refractivity contribution in [3.05, 3.63) is 57.8 Å². The second-order valence-corrected chi connectivity index (χ2v) is 7.04. The van der Waals surface area contributed by atoms with Gasteiger partial charge in [-0.2, -0.15) is 0 Å². The molecular formula is C18H23NS. The largest absolute Gasteiger partial charge is 0.303 e. The molecule has 0 spiro atoms. The fourth-order valence-electron chi connectivity index (χ4n) is 3.21. The van der Waals surface area contributed by atoms with Gasteiger partial charge < -0.3 is 5.32 Å². The van der Waals surface area contributed by atoms with Crippen LogP contribution in [-0.4, -0.2) is 0 Å². The van der Waals surface area contributed by atoms with Crippen LogP contribution in [0.4, 0.5) is 0 Å². The van der Waals surface area contributed by atoms with Crippen molar-refractivity contribution in [2.45, 2.75) is 45.2 Å². The van der Waals surface area contributed by atoms with Gasteiger partial charge in [0, 0.05) is 17.0 Å². The molecule has 2 atom stereocenters. The topological polar surface area (TPSA) is 12.0 Å². The lowest BCUT2D eigenvalue weighted by atomic mass is 9.90. The highest BCUT2D eigenvalue weighted by Crippen LogP contribution is 2.36. The highest BCUT2D eigenvalue weighted by molar-refractivity contribution is 7.10. The summed E-state index contributed by atoms with van der Waals surface area (Å²) in [6, 6.07) is 14.2. The first-order valence-corrected chi connectivity index (χ1v) is 8.51. The summed E-state index contributed by atoms with van der Waals surface area (Å²) in [6.07, 6.45) is 3.84. The highest BCUT2D eigenvalue weighted by Gasteiger charge is 2.25. The SMILES string of the molecule is CC(C)C(NC1CCCc2sccc21)c1ccccc1. The Morgan fingerprint density at radius 2 is 1.95 bits per heavy atom. The van der Waals surface area contributed by atoms with Crippen molar-refractivity contribution in [3.63, 3.8) is 0 Å². The third kappa shape index (κ3) is 2.82. The van der Waals surface area contributed by atoms with Crippen molar-refractivity contribution in [2.24, 2.45) is 5.92 Å². The van der Waals surface area contributed by atoms with Gasteiger partial charge >= 0.3 is 0 Å². The highest BCUT2D eigenvalue weighted by atomic mass is 32.1. The lowest BCUT2D eigenvalue weighted by Crippen LogP contribution is -2.31. The predicted octanol–water partition coefficient (Wildman–Crippen LogP) is 5.11. The maximum Gasteiger partial charge on any atom is 0.0348 e. The maximum absolute atomic E-state index is 3.92. The summed E-state index contributed by atoms with van der Waals surface area (Å²) >= 11 is 1.92. The molecule has 0 bridgehead atoms. The fraction of sp³-hybridized carbons (Fsp3) is 0.444. The van der Waals surface area contributed by atoms with Crippen molar-refractivity contribution < 1.29 is 0 Å². The fourth-order valence-corrected chi connectivity index (χ4v) is 4.20. The van der Waals surface area contributed by atoms with E-state index in [1.54, 1.807) is 10.4 Å². The molecule has 1 heterocycles. The number of hydrogen-bond acceptors (Lipinski definition) is 2. The standard InChI is InChI=1S/C18H23NS/c1-13(2)18(14-7-4-3-5-8-14)19-16-9-6-10-17-15(16)11-12-20-17/h3-5,7-8,11-13,16,18-19H,6,9-10H2,1-2H3. The number of rotatable bonds is 4. The Labute approximate surface area is 126 Å². The van der Waals surface area contributed by atoms with Crippen molar-refractivity contribution in [1.29, 1.82) is 0 Å². The molecule has 0 fully saturated rings. The molecule has 1 aliphatic carbocycles. The smallest absolute Gasteiger partial charge is 0.0348 e. The first kappa shape index (κ1) is 13.8. The molecule has 0 radical (unpaired) electrons. The number of nitrogens with one attached hydrogen (secondary N) is 1. The molecule has 1 N–H and O–H groups in total. The first-order valence-electron chi connectivity index (χ1n) is 7.63. The Balaban J connectivity index is 1.82. The number of thiophene rings is 1. The quantitative estimate of drug-likeness (QED) is 0.823. The van der Waals surface area contributed by atoms with Gasteiger partial charge in [0.25, 0.3) is 0 Å².